The van der Waals surface area contributed by atoms with Crippen molar-refractivity contribution in [3.05, 3.63) is 35.4 Å². The van der Waals surface area contributed by atoms with Crippen LogP contribution in [0.4, 0.5) is 0 Å². The molecule has 2 aliphatic rings. The van der Waals surface area contributed by atoms with Crippen LogP contribution in [0, 0.1) is 5.41 Å². The van der Waals surface area contributed by atoms with Gasteiger partial charge < -0.3 is 10.2 Å². The third kappa shape index (κ3) is 5.55. The zero-order valence-electron chi connectivity index (χ0n) is 15.5. The molecule has 1 aliphatic carbocycles. The van der Waals surface area contributed by atoms with E-state index in [-0.39, 0.29) is 18.0 Å². The van der Waals surface area contributed by atoms with Crippen LogP contribution in [-0.4, -0.2) is 40.8 Å². The van der Waals surface area contributed by atoms with E-state index in [2.05, 4.69) is 36.1 Å². The molecule has 0 aromatic heterocycles. The summed E-state index contributed by atoms with van der Waals surface area (Å²) < 4.78 is 0. The fourth-order valence-electron chi connectivity index (χ4n) is 4.44. The van der Waals surface area contributed by atoms with Crippen LogP contribution >= 0.6 is 0 Å². The monoisotopic (exact) mass is 347 g/mol. The van der Waals surface area contributed by atoms with Crippen LogP contribution in [0.1, 0.15) is 63.0 Å². The van der Waals surface area contributed by atoms with Crippen LogP contribution in [-0.2, 0) is 17.8 Å². The minimum atomic E-state index is -0.250. The molecule has 1 aromatic rings. The lowest BCUT2D eigenvalue weighted by atomic mass is 9.76. The molecule has 2 N–H and O–H groups in total. The zero-order valence-corrected chi connectivity index (χ0v) is 15.5. The van der Waals surface area contributed by atoms with E-state index >= 15 is 0 Å². The predicted octanol–water partition coefficient (Wildman–Crippen LogP) is 3.86. The summed E-state index contributed by atoms with van der Waals surface area (Å²) >= 11 is 0. The van der Waals surface area contributed by atoms with E-state index in [0.717, 1.165) is 19.5 Å². The van der Waals surface area contributed by atoms with Crippen molar-refractivity contribution in [2.45, 2.75) is 70.9 Å². The Morgan fingerprint density at radius 1 is 1.20 bits per heavy atom. The van der Waals surface area contributed by atoms with Crippen molar-refractivity contribution in [1.29, 1.82) is 0 Å². The Balaban J connectivity index is 0.000000701. The first-order chi connectivity index (χ1) is 12.1. The highest BCUT2D eigenvalue weighted by atomic mass is 16.3. The van der Waals surface area contributed by atoms with Gasteiger partial charge in [0, 0.05) is 18.5 Å². The van der Waals surface area contributed by atoms with Crippen LogP contribution in [0.5, 0.6) is 0 Å². The quantitative estimate of drug-likeness (QED) is 0.794. The third-order valence-corrected chi connectivity index (χ3v) is 5.79. The second-order valence-electron chi connectivity index (χ2n) is 7.61. The summed E-state index contributed by atoms with van der Waals surface area (Å²) in [5.74, 6) is 0. The normalized spacial score (nSPS) is 26.2. The van der Waals surface area contributed by atoms with E-state index in [1.807, 2.05) is 0 Å². The Morgan fingerprint density at radius 3 is 2.44 bits per heavy atom. The molecular weight excluding hydrogens is 314 g/mol. The number of aryl methyl sites for hydroxylation is 1. The maximum atomic E-state index is 10.4. The van der Waals surface area contributed by atoms with Gasteiger partial charge in [-0.2, -0.15) is 0 Å². The van der Waals surface area contributed by atoms with E-state index in [4.69, 9.17) is 9.90 Å². The molecule has 2 fully saturated rings. The predicted molar refractivity (Wildman–Crippen MR) is 101 cm³/mol. The average Bonchev–Trinajstić information content (AvgIpc) is 2.95. The molecule has 140 valence electrons. The number of likely N-dealkylation sites (tertiary alicyclic amines) is 1. The summed E-state index contributed by atoms with van der Waals surface area (Å²) in [5, 5.41) is 17.3. The van der Waals surface area contributed by atoms with Gasteiger partial charge in [-0.1, -0.05) is 44.0 Å². The summed E-state index contributed by atoms with van der Waals surface area (Å²) in [6, 6.07) is 9.21. The third-order valence-electron chi connectivity index (χ3n) is 5.79. The Bertz CT molecular complexity index is 516. The highest BCUT2D eigenvalue weighted by Crippen LogP contribution is 2.45. The molecule has 3 rings (SSSR count). The Hall–Kier alpha value is -1.39. The second kappa shape index (κ2) is 9.93. The first-order valence-electron chi connectivity index (χ1n) is 9.69. The minimum Gasteiger partial charge on any atom is -0.483 e. The largest absolute Gasteiger partial charge is 0.483 e. The second-order valence-corrected chi connectivity index (χ2v) is 7.61. The van der Waals surface area contributed by atoms with Gasteiger partial charge in [-0.3, -0.25) is 9.69 Å². The van der Waals surface area contributed by atoms with E-state index in [9.17, 15) is 5.11 Å². The number of piperidine rings is 1. The topological polar surface area (TPSA) is 60.8 Å². The smallest absolute Gasteiger partial charge is 0.290 e. The molecule has 0 amide bonds. The van der Waals surface area contributed by atoms with Gasteiger partial charge in [0.2, 0.25) is 0 Å². The van der Waals surface area contributed by atoms with Crippen molar-refractivity contribution < 1.29 is 15.0 Å². The van der Waals surface area contributed by atoms with Crippen LogP contribution in [0.3, 0.4) is 0 Å². The molecule has 2 atom stereocenters. The van der Waals surface area contributed by atoms with Crippen molar-refractivity contribution in [2.24, 2.45) is 5.41 Å². The fraction of sp³-hybridized carbons (Fsp3) is 0.667. The number of benzene rings is 1. The number of aliphatic hydroxyl groups is 1. The summed E-state index contributed by atoms with van der Waals surface area (Å²) in [6.45, 7) is 5.32. The lowest BCUT2D eigenvalue weighted by molar-refractivity contribution is -0.122. The van der Waals surface area contributed by atoms with Gasteiger partial charge in [-0.15, -0.1) is 0 Å². The molecule has 1 heterocycles. The average molecular weight is 347 g/mol. The number of rotatable bonds is 5. The standard InChI is InChI=1S/C20H31NO.CH2O2/c1-2-3-6-17-8-10-18(11-9-17)15-21-14-5-13-20(16-21)12-4-7-19(20)22;2-1-3/h8-11,19,22H,2-7,12-16H2,1H3;1H,(H,2,3)/t19-,20-;/m1./s1. The number of hydrogen-bond acceptors (Lipinski definition) is 3. The molecule has 4 nitrogen and oxygen atoms in total. The first-order valence-corrected chi connectivity index (χ1v) is 9.69. The number of carbonyl (C=O) groups is 1. The number of hydrogen-bond donors (Lipinski definition) is 2. The number of nitrogens with zero attached hydrogens (tertiary/aromatic N) is 1. The van der Waals surface area contributed by atoms with Crippen molar-refractivity contribution in [1.82, 2.24) is 4.90 Å². The zero-order chi connectivity index (χ0) is 18.1. The number of unbranched alkanes of at least 4 members (excludes halogenated alkanes) is 1. The molecule has 1 aromatic carbocycles. The molecule has 1 spiro atoms. The van der Waals surface area contributed by atoms with Crippen LogP contribution < -0.4 is 0 Å². The highest BCUT2D eigenvalue weighted by Gasteiger charge is 2.44. The van der Waals surface area contributed by atoms with Crippen LogP contribution in [0.2, 0.25) is 0 Å². The van der Waals surface area contributed by atoms with Crippen molar-refractivity contribution >= 4 is 6.47 Å². The number of carboxylic acid groups (broad SMARTS) is 1. The van der Waals surface area contributed by atoms with Crippen molar-refractivity contribution in [3.63, 3.8) is 0 Å². The van der Waals surface area contributed by atoms with Crippen LogP contribution in [0.25, 0.3) is 0 Å². The summed E-state index contributed by atoms with van der Waals surface area (Å²) in [4.78, 5) is 10.9. The van der Waals surface area contributed by atoms with E-state index in [1.54, 1.807) is 0 Å². The maximum Gasteiger partial charge on any atom is 0.290 e. The van der Waals surface area contributed by atoms with Crippen molar-refractivity contribution in [2.75, 3.05) is 13.1 Å². The van der Waals surface area contributed by atoms with E-state index in [1.165, 1.54) is 62.6 Å². The van der Waals surface area contributed by atoms with Gasteiger partial charge in [0.15, 0.2) is 0 Å². The van der Waals surface area contributed by atoms with Gasteiger partial charge in [0.05, 0.1) is 6.10 Å². The minimum absolute atomic E-state index is 0.0632. The SMILES string of the molecule is CCCCc1ccc(CN2CCC[C@]3(CCC[C@H]3O)C2)cc1.O=CO. The van der Waals surface area contributed by atoms with Gasteiger partial charge in [0.25, 0.3) is 6.47 Å². The van der Waals surface area contributed by atoms with Gasteiger partial charge in [-0.05, 0) is 56.2 Å². The lowest BCUT2D eigenvalue weighted by Gasteiger charge is -2.42. The number of aliphatic hydroxyl groups excluding tert-OH is 1. The van der Waals surface area contributed by atoms with Gasteiger partial charge >= 0.3 is 0 Å². The van der Waals surface area contributed by atoms with Crippen LogP contribution in [0.15, 0.2) is 24.3 Å². The van der Waals surface area contributed by atoms with Gasteiger partial charge in [-0.25, -0.2) is 0 Å². The molecule has 1 saturated carbocycles. The van der Waals surface area contributed by atoms with Crippen molar-refractivity contribution in [3.8, 4) is 0 Å². The van der Waals surface area contributed by atoms with E-state index in [0.29, 0.717) is 0 Å². The molecular formula is C21H33NO3. The molecule has 0 bridgehead atoms. The highest BCUT2D eigenvalue weighted by molar-refractivity contribution is 5.32. The maximum absolute atomic E-state index is 10.4. The van der Waals surface area contributed by atoms with Gasteiger partial charge in [0.1, 0.15) is 0 Å². The Labute approximate surface area is 151 Å². The summed E-state index contributed by atoms with van der Waals surface area (Å²) in [6.07, 6.45) is 9.60. The molecule has 0 radical (unpaired) electrons. The molecule has 0 unspecified atom stereocenters. The lowest BCUT2D eigenvalue weighted by Crippen LogP contribution is -2.46. The Morgan fingerprint density at radius 2 is 1.84 bits per heavy atom. The first kappa shape index (κ1) is 19.9. The fourth-order valence-corrected chi connectivity index (χ4v) is 4.44. The molecule has 1 saturated heterocycles. The molecule has 1 aliphatic heterocycles. The molecule has 25 heavy (non-hydrogen) atoms. The van der Waals surface area contributed by atoms with E-state index < -0.39 is 0 Å². The Kier molecular flexibility index (Phi) is 7.91. The summed E-state index contributed by atoms with van der Waals surface area (Å²) in [5.41, 5.74) is 3.09. The molecule has 4 heteroatoms. The summed E-state index contributed by atoms with van der Waals surface area (Å²) in [7, 11) is 0.